The van der Waals surface area contributed by atoms with E-state index in [0.29, 0.717) is 6.67 Å². The van der Waals surface area contributed by atoms with E-state index >= 15 is 0 Å². The third-order valence-electron chi connectivity index (χ3n) is 15.2. The fourth-order valence-corrected chi connectivity index (χ4v) is 10.4. The minimum Gasteiger partial charge on any atom is -0.457 e. The summed E-state index contributed by atoms with van der Waals surface area (Å²) >= 11 is 0. The van der Waals surface area contributed by atoms with Crippen LogP contribution in [0.2, 0.25) is 0 Å². The number of rotatable bonds is 9. The molecule has 0 bridgehead atoms. The van der Waals surface area contributed by atoms with Gasteiger partial charge in [-0.15, -0.1) is 0 Å². The molecular formula is C66H70N4O. The Morgan fingerprint density at radius 3 is 1.62 bits per heavy atom. The summed E-state index contributed by atoms with van der Waals surface area (Å²) in [7, 11) is 0. The van der Waals surface area contributed by atoms with Crippen LogP contribution >= 0.6 is 0 Å². The lowest BCUT2D eigenvalue weighted by molar-refractivity contribution is 0.480. The molecule has 7 aromatic carbocycles. The highest BCUT2D eigenvalue weighted by Gasteiger charge is 2.34. The van der Waals surface area contributed by atoms with E-state index in [9.17, 15) is 0 Å². The molecule has 0 saturated heterocycles. The van der Waals surface area contributed by atoms with E-state index in [-0.39, 0.29) is 27.1 Å². The van der Waals surface area contributed by atoms with Gasteiger partial charge in [0.2, 0.25) is 0 Å². The zero-order chi connectivity index (χ0) is 50.3. The van der Waals surface area contributed by atoms with Crippen molar-refractivity contribution in [3.05, 3.63) is 215 Å². The molecule has 0 aliphatic carbocycles. The van der Waals surface area contributed by atoms with Crippen molar-refractivity contribution in [1.29, 1.82) is 0 Å². The van der Waals surface area contributed by atoms with Crippen LogP contribution in [-0.4, -0.2) is 16.2 Å². The van der Waals surface area contributed by atoms with Crippen LogP contribution in [0.25, 0.3) is 27.6 Å². The number of hydrogen-bond donors (Lipinski definition) is 0. The molecule has 5 heteroatoms. The number of nitrogens with zero attached hydrogens (tertiary/aromatic N) is 4. The van der Waals surface area contributed by atoms with E-state index in [0.717, 1.165) is 34.0 Å². The van der Waals surface area contributed by atoms with Crippen LogP contribution in [0, 0.1) is 0 Å². The molecular weight excluding hydrogens is 865 g/mol. The Morgan fingerprint density at radius 1 is 0.380 bits per heavy atom. The highest BCUT2D eigenvalue weighted by atomic mass is 16.5. The SMILES string of the molecule is CC(C)(C)c1cccc(N2CN(c3cc(Oc4ccc5c6cc(C(C)(C)C)ccc6n(-c6cc(C(C)(C)C)ccn6)c5c4)cc(C(C)(C)c4ccccc4)c3)c3cc(C(C)(C)c4ccccc4)ccc32)c1. The fourth-order valence-electron chi connectivity index (χ4n) is 10.4. The lowest BCUT2D eigenvalue weighted by Gasteiger charge is -2.30. The monoisotopic (exact) mass is 935 g/mol. The molecule has 0 spiro atoms. The molecule has 10 rings (SSSR count). The Balaban J connectivity index is 1.15. The predicted octanol–water partition coefficient (Wildman–Crippen LogP) is 17.8. The van der Waals surface area contributed by atoms with E-state index in [4.69, 9.17) is 9.72 Å². The Kier molecular flexibility index (Phi) is 11.6. The highest BCUT2D eigenvalue weighted by molar-refractivity contribution is 6.10. The highest BCUT2D eigenvalue weighted by Crippen LogP contribution is 2.49. The average molecular weight is 935 g/mol. The molecule has 0 fully saturated rings. The number of hydrogen-bond acceptors (Lipinski definition) is 4. The number of ether oxygens (including phenoxy) is 1. The summed E-state index contributed by atoms with van der Waals surface area (Å²) in [5.74, 6) is 2.44. The molecule has 3 heterocycles. The summed E-state index contributed by atoms with van der Waals surface area (Å²) < 4.78 is 9.53. The van der Waals surface area contributed by atoms with Crippen molar-refractivity contribution in [3.8, 4) is 17.3 Å². The Morgan fingerprint density at radius 2 is 0.958 bits per heavy atom. The van der Waals surface area contributed by atoms with Crippen molar-refractivity contribution < 1.29 is 4.74 Å². The van der Waals surface area contributed by atoms with Gasteiger partial charge in [0.15, 0.2) is 0 Å². The van der Waals surface area contributed by atoms with E-state index in [1.54, 1.807) is 0 Å². The summed E-state index contributed by atoms with van der Waals surface area (Å²) in [6.07, 6.45) is 1.95. The maximum atomic E-state index is 7.22. The van der Waals surface area contributed by atoms with E-state index < -0.39 is 0 Å². The normalized spacial score (nSPS) is 13.6. The maximum absolute atomic E-state index is 7.22. The third kappa shape index (κ3) is 8.90. The van der Waals surface area contributed by atoms with Crippen LogP contribution in [0.3, 0.4) is 0 Å². The summed E-state index contributed by atoms with van der Waals surface area (Å²) in [5.41, 5.74) is 14.9. The minimum atomic E-state index is -0.347. The zero-order valence-electron chi connectivity index (χ0n) is 44.1. The van der Waals surface area contributed by atoms with Crippen molar-refractivity contribution in [2.75, 3.05) is 16.5 Å². The standard InChI is InChI=1S/C66H70N4O/c1-62(2,3)46-25-20-26-51(35-46)68-43-69(60-39-49(28-32-58(60)68)65(10,11)44-21-16-14-17-22-44)52-36-50(66(12,13)45-23-18-15-19-24-45)37-54(41-52)71-53-29-30-55-56-38-47(63(4,5)6)27-31-57(56)70(59(55)42-53)61-40-48(33-34-67-61)64(7,8)9/h14-42H,43H2,1-13H3. The zero-order valence-corrected chi connectivity index (χ0v) is 44.1. The van der Waals surface area contributed by atoms with Crippen molar-refractivity contribution in [2.24, 2.45) is 0 Å². The Hall–Kier alpha value is -7.11. The molecule has 0 saturated carbocycles. The van der Waals surface area contributed by atoms with Crippen LogP contribution in [0.4, 0.5) is 22.7 Å². The molecule has 0 N–H and O–H groups in total. The smallest absolute Gasteiger partial charge is 0.137 e. The Bertz CT molecular complexity index is 3430. The van der Waals surface area contributed by atoms with Crippen molar-refractivity contribution in [1.82, 2.24) is 9.55 Å². The first-order valence-corrected chi connectivity index (χ1v) is 25.4. The molecule has 1 aliphatic rings. The molecule has 71 heavy (non-hydrogen) atoms. The quantitative estimate of drug-likeness (QED) is 0.144. The summed E-state index contributed by atoms with van der Waals surface area (Å²) in [6.45, 7) is 30.4. The van der Waals surface area contributed by atoms with Gasteiger partial charge in [-0.25, -0.2) is 4.98 Å². The fraction of sp³-hybridized carbons (Fsp3) is 0.288. The first-order chi connectivity index (χ1) is 33.6. The van der Waals surface area contributed by atoms with Gasteiger partial charge in [0.25, 0.3) is 0 Å². The lowest BCUT2D eigenvalue weighted by Crippen LogP contribution is -2.25. The second-order valence-electron chi connectivity index (χ2n) is 24.0. The van der Waals surface area contributed by atoms with Gasteiger partial charge >= 0.3 is 0 Å². The van der Waals surface area contributed by atoms with Gasteiger partial charge in [0, 0.05) is 51.3 Å². The van der Waals surface area contributed by atoms with Crippen molar-refractivity contribution in [2.45, 2.75) is 117 Å². The second kappa shape index (κ2) is 17.3. The van der Waals surface area contributed by atoms with E-state index in [1.165, 1.54) is 66.8 Å². The van der Waals surface area contributed by atoms with Crippen LogP contribution in [0.15, 0.2) is 176 Å². The molecule has 9 aromatic rings. The van der Waals surface area contributed by atoms with Crippen molar-refractivity contribution >= 4 is 44.6 Å². The molecule has 0 radical (unpaired) electrons. The van der Waals surface area contributed by atoms with Gasteiger partial charge in [-0.3, -0.25) is 4.57 Å². The van der Waals surface area contributed by atoms with Gasteiger partial charge in [-0.05, 0) is 128 Å². The van der Waals surface area contributed by atoms with Crippen LogP contribution in [0.1, 0.15) is 129 Å². The van der Waals surface area contributed by atoms with Crippen LogP contribution in [-0.2, 0) is 27.1 Å². The number of anilines is 4. The molecule has 0 unspecified atom stereocenters. The maximum Gasteiger partial charge on any atom is 0.137 e. The summed E-state index contributed by atoms with van der Waals surface area (Å²) in [4.78, 5) is 9.98. The molecule has 5 nitrogen and oxygen atoms in total. The van der Waals surface area contributed by atoms with Crippen LogP contribution in [0.5, 0.6) is 11.5 Å². The molecule has 1 aliphatic heterocycles. The van der Waals surface area contributed by atoms with Gasteiger partial charge in [-0.2, -0.15) is 0 Å². The molecule has 360 valence electrons. The van der Waals surface area contributed by atoms with Crippen molar-refractivity contribution in [3.63, 3.8) is 0 Å². The minimum absolute atomic E-state index is 0.00463. The number of benzene rings is 7. The lowest BCUT2D eigenvalue weighted by atomic mass is 9.77. The van der Waals surface area contributed by atoms with Crippen LogP contribution < -0.4 is 14.5 Å². The second-order valence-corrected chi connectivity index (χ2v) is 24.0. The number of fused-ring (bicyclic) bond motifs is 4. The summed E-state index contributed by atoms with van der Waals surface area (Å²) in [6, 6.07) is 62.6. The largest absolute Gasteiger partial charge is 0.457 e. The van der Waals surface area contributed by atoms with E-state index in [2.05, 4.69) is 274 Å². The third-order valence-corrected chi connectivity index (χ3v) is 15.2. The first-order valence-electron chi connectivity index (χ1n) is 25.4. The van der Waals surface area contributed by atoms with Gasteiger partial charge in [0.1, 0.15) is 24.0 Å². The number of pyridine rings is 1. The molecule has 2 aromatic heterocycles. The summed E-state index contributed by atoms with van der Waals surface area (Å²) in [5, 5.41) is 2.37. The topological polar surface area (TPSA) is 33.5 Å². The Labute approximate surface area is 422 Å². The molecule has 0 atom stereocenters. The number of aromatic nitrogens is 2. The average Bonchev–Trinajstić information content (AvgIpc) is 3.89. The van der Waals surface area contributed by atoms with Gasteiger partial charge in [0.05, 0.1) is 22.4 Å². The molecule has 0 amide bonds. The van der Waals surface area contributed by atoms with Gasteiger partial charge < -0.3 is 14.5 Å². The first kappa shape index (κ1) is 47.6. The van der Waals surface area contributed by atoms with E-state index in [1.807, 2.05) is 6.20 Å². The predicted molar refractivity (Wildman–Crippen MR) is 300 cm³/mol. The van der Waals surface area contributed by atoms with Gasteiger partial charge in [-0.1, -0.05) is 175 Å².